The van der Waals surface area contributed by atoms with Crippen LogP contribution in [0.15, 0.2) is 0 Å². The van der Waals surface area contributed by atoms with Gasteiger partial charge in [0.15, 0.2) is 8.32 Å². The minimum Gasteiger partial charge on any atom is -0.418 e. The minimum atomic E-state index is -1.50. The van der Waals surface area contributed by atoms with Crippen LogP contribution in [0.3, 0.4) is 0 Å². The largest absolute Gasteiger partial charge is 0.418 e. The summed E-state index contributed by atoms with van der Waals surface area (Å²) >= 11 is 0. The molecule has 0 aliphatic rings. The van der Waals surface area contributed by atoms with Crippen LogP contribution in [0, 0.1) is 0 Å². The number of rotatable bonds is 6. The Morgan fingerprint density at radius 2 is 1.54 bits per heavy atom. The zero-order valence-corrected chi connectivity index (χ0v) is 11.9. The Labute approximate surface area is 84.9 Å². The molecule has 4 heteroatoms. The molecule has 0 amide bonds. The molecule has 0 radical (unpaired) electrons. The van der Waals surface area contributed by atoms with E-state index in [1.807, 2.05) is 0 Å². The zero-order valence-electron chi connectivity index (χ0n) is 9.94. The van der Waals surface area contributed by atoms with E-state index in [0.29, 0.717) is 0 Å². The summed E-state index contributed by atoms with van der Waals surface area (Å²) in [5.41, 5.74) is 0. The molecule has 0 aliphatic heterocycles. The average Bonchev–Trinajstić information content (AvgIpc) is 2.02. The van der Waals surface area contributed by atoms with Crippen molar-refractivity contribution in [2.75, 3.05) is 13.3 Å². The van der Waals surface area contributed by atoms with Gasteiger partial charge >= 0.3 is 0 Å². The van der Waals surface area contributed by atoms with Gasteiger partial charge in [0.2, 0.25) is 8.32 Å². The molecule has 0 bridgehead atoms. The fourth-order valence-corrected chi connectivity index (χ4v) is 5.52. The lowest BCUT2D eigenvalue weighted by Gasteiger charge is -2.28. The van der Waals surface area contributed by atoms with Gasteiger partial charge in [-0.3, -0.25) is 0 Å². The van der Waals surface area contributed by atoms with Gasteiger partial charge in [-0.25, -0.2) is 0 Å². The first-order valence-electron chi connectivity index (χ1n) is 5.02. The van der Waals surface area contributed by atoms with E-state index in [0.717, 1.165) is 6.23 Å². The van der Waals surface area contributed by atoms with Gasteiger partial charge in [-0.05, 0) is 32.2 Å². The highest BCUT2D eigenvalue weighted by molar-refractivity contribution is 6.75. The Balaban J connectivity index is 3.86. The van der Waals surface area contributed by atoms with Gasteiger partial charge in [0.25, 0.3) is 0 Å². The van der Waals surface area contributed by atoms with Gasteiger partial charge in [0, 0.05) is 7.11 Å². The Morgan fingerprint density at radius 1 is 1.00 bits per heavy atom. The normalized spacial score (nSPS) is 13.4. The van der Waals surface area contributed by atoms with Crippen LogP contribution < -0.4 is 0 Å². The highest BCUT2D eigenvalue weighted by atomic mass is 28.4. The van der Waals surface area contributed by atoms with Crippen LogP contribution in [-0.2, 0) is 8.85 Å². The van der Waals surface area contributed by atoms with Crippen LogP contribution in [-0.4, -0.2) is 30.0 Å². The summed E-state index contributed by atoms with van der Waals surface area (Å²) in [6.07, 6.45) is 2.08. The molecule has 0 unspecified atom stereocenters. The van der Waals surface area contributed by atoms with E-state index in [2.05, 4.69) is 33.1 Å². The monoisotopic (exact) mass is 220 g/mol. The highest BCUT2D eigenvalue weighted by Gasteiger charge is 2.27. The molecule has 2 nitrogen and oxygen atoms in total. The quantitative estimate of drug-likeness (QED) is 0.641. The fraction of sp³-hybridized carbons (Fsp3) is 1.00. The van der Waals surface area contributed by atoms with Crippen LogP contribution in [0.5, 0.6) is 0 Å². The van der Waals surface area contributed by atoms with Crippen molar-refractivity contribution in [3.05, 3.63) is 0 Å². The number of hydrogen-bond donors (Lipinski definition) is 0. The fourth-order valence-electron chi connectivity index (χ4n) is 1.10. The van der Waals surface area contributed by atoms with E-state index in [1.165, 1.54) is 12.5 Å². The molecule has 0 aromatic carbocycles. The lowest BCUT2D eigenvalue weighted by atomic mass is 10.6. The third-order valence-corrected chi connectivity index (χ3v) is 7.08. The van der Waals surface area contributed by atoms with Gasteiger partial charge in [0.1, 0.15) is 0 Å². The van der Waals surface area contributed by atoms with E-state index in [9.17, 15) is 0 Å². The molecule has 0 rings (SSSR count). The second kappa shape index (κ2) is 5.29. The molecule has 0 N–H and O–H groups in total. The molecule has 0 saturated carbocycles. The lowest BCUT2D eigenvalue weighted by Crippen LogP contribution is -2.42. The summed E-state index contributed by atoms with van der Waals surface area (Å²) in [6, 6.07) is 1.25. The Kier molecular flexibility index (Phi) is 5.43. The summed E-state index contributed by atoms with van der Waals surface area (Å²) in [7, 11) is -1.08. The van der Waals surface area contributed by atoms with E-state index < -0.39 is 16.6 Å². The topological polar surface area (TPSA) is 18.5 Å². The highest BCUT2D eigenvalue weighted by Crippen LogP contribution is 2.15. The molecular weight excluding hydrogens is 196 g/mol. The molecule has 0 fully saturated rings. The van der Waals surface area contributed by atoms with Crippen LogP contribution in [0.4, 0.5) is 0 Å². The van der Waals surface area contributed by atoms with Crippen molar-refractivity contribution in [1.29, 1.82) is 0 Å². The van der Waals surface area contributed by atoms with Crippen molar-refractivity contribution in [1.82, 2.24) is 0 Å². The predicted octanol–water partition coefficient (Wildman–Crippen LogP) is 3.01. The van der Waals surface area contributed by atoms with Gasteiger partial charge in [-0.2, -0.15) is 0 Å². The smallest absolute Gasteiger partial charge is 0.210 e. The van der Waals surface area contributed by atoms with Gasteiger partial charge < -0.3 is 8.85 Å². The van der Waals surface area contributed by atoms with Crippen LogP contribution in [0.2, 0.25) is 32.2 Å². The molecule has 0 aromatic rings. The Bertz CT molecular complexity index is 147. The molecule has 0 spiro atoms. The van der Waals surface area contributed by atoms with Gasteiger partial charge in [-0.1, -0.05) is 13.3 Å². The van der Waals surface area contributed by atoms with E-state index in [4.69, 9.17) is 8.85 Å². The summed E-state index contributed by atoms with van der Waals surface area (Å²) in [5.74, 6) is 0. The third-order valence-electron chi connectivity index (χ3n) is 2.22. The zero-order chi connectivity index (χ0) is 10.5. The Hall–Kier alpha value is 0.354. The van der Waals surface area contributed by atoms with Gasteiger partial charge in [-0.15, -0.1) is 0 Å². The molecule has 0 atom stereocenters. The van der Waals surface area contributed by atoms with Crippen LogP contribution >= 0.6 is 0 Å². The minimum absolute atomic E-state index is 0.850. The lowest BCUT2D eigenvalue weighted by molar-refractivity contribution is 0.312. The summed E-state index contributed by atoms with van der Waals surface area (Å²) in [6.45, 7) is 11.2. The summed E-state index contributed by atoms with van der Waals surface area (Å²) < 4.78 is 11.4. The van der Waals surface area contributed by atoms with E-state index in [1.54, 1.807) is 7.11 Å². The molecular formula is C9H24O2Si2. The van der Waals surface area contributed by atoms with Crippen LogP contribution in [0.25, 0.3) is 0 Å². The van der Waals surface area contributed by atoms with Crippen molar-refractivity contribution < 1.29 is 8.85 Å². The first kappa shape index (κ1) is 13.4. The standard InChI is InChI=1S/C9H24O2Si2/c1-7-8-12(3,4)11-9-13(5,6)10-2/h7-9H2,1-6H3. The Morgan fingerprint density at radius 3 is 1.92 bits per heavy atom. The molecule has 13 heavy (non-hydrogen) atoms. The van der Waals surface area contributed by atoms with E-state index >= 15 is 0 Å². The first-order chi connectivity index (χ1) is 5.83. The average molecular weight is 220 g/mol. The first-order valence-corrected chi connectivity index (χ1v) is 11.3. The maximum Gasteiger partial charge on any atom is 0.210 e. The molecule has 0 heterocycles. The van der Waals surface area contributed by atoms with E-state index in [-0.39, 0.29) is 0 Å². The van der Waals surface area contributed by atoms with Crippen molar-refractivity contribution in [2.45, 2.75) is 45.6 Å². The summed E-state index contributed by atoms with van der Waals surface area (Å²) in [5, 5.41) is 0. The summed E-state index contributed by atoms with van der Waals surface area (Å²) in [4.78, 5) is 0. The molecule has 0 saturated heterocycles. The maximum atomic E-state index is 6.00. The predicted molar refractivity (Wildman–Crippen MR) is 63.0 cm³/mol. The molecule has 80 valence electrons. The van der Waals surface area contributed by atoms with Gasteiger partial charge in [0.05, 0.1) is 6.23 Å². The van der Waals surface area contributed by atoms with Crippen molar-refractivity contribution in [2.24, 2.45) is 0 Å². The number of hydrogen-bond acceptors (Lipinski definition) is 2. The molecule has 0 aliphatic carbocycles. The second-order valence-corrected chi connectivity index (χ2v) is 13.3. The SMILES string of the molecule is CCC[Si](C)(C)OC[Si](C)(C)OC. The second-order valence-electron chi connectivity index (χ2n) is 4.76. The van der Waals surface area contributed by atoms with Crippen molar-refractivity contribution in [3.63, 3.8) is 0 Å². The molecule has 0 aromatic heterocycles. The van der Waals surface area contributed by atoms with Crippen molar-refractivity contribution in [3.8, 4) is 0 Å². The third kappa shape index (κ3) is 6.43. The van der Waals surface area contributed by atoms with Crippen molar-refractivity contribution >= 4 is 16.6 Å². The van der Waals surface area contributed by atoms with Crippen LogP contribution in [0.1, 0.15) is 13.3 Å². The maximum absolute atomic E-state index is 6.00.